The van der Waals surface area contributed by atoms with Gasteiger partial charge in [-0.1, -0.05) is 30.3 Å². The first kappa shape index (κ1) is 17.8. The van der Waals surface area contributed by atoms with Crippen molar-refractivity contribution >= 4 is 5.96 Å². The Bertz CT molecular complexity index is 472. The number of aliphatic imine (C=N–C) groups is 1. The van der Waals surface area contributed by atoms with Gasteiger partial charge in [0, 0.05) is 18.6 Å². The second kappa shape index (κ2) is 9.56. The van der Waals surface area contributed by atoms with Crippen LogP contribution in [-0.2, 0) is 6.42 Å². The molecule has 1 aliphatic heterocycles. The summed E-state index contributed by atoms with van der Waals surface area (Å²) in [6.07, 6.45) is 4.77. The maximum absolute atomic E-state index is 4.79. The fourth-order valence-corrected chi connectivity index (χ4v) is 3.06. The summed E-state index contributed by atoms with van der Waals surface area (Å²) in [5, 5.41) is 6.92. The van der Waals surface area contributed by atoms with Gasteiger partial charge in [-0.25, -0.2) is 0 Å². The molecule has 1 aromatic rings. The van der Waals surface area contributed by atoms with E-state index in [1.807, 2.05) is 0 Å². The summed E-state index contributed by atoms with van der Waals surface area (Å²) in [6, 6.07) is 11.7. The van der Waals surface area contributed by atoms with Crippen LogP contribution in [-0.4, -0.2) is 49.6 Å². The van der Waals surface area contributed by atoms with E-state index in [1.165, 1.54) is 24.9 Å². The van der Waals surface area contributed by atoms with Gasteiger partial charge in [0.2, 0.25) is 0 Å². The van der Waals surface area contributed by atoms with Gasteiger partial charge in [-0.2, -0.15) is 0 Å². The van der Waals surface area contributed by atoms with Crippen LogP contribution in [0.15, 0.2) is 35.3 Å². The first-order chi connectivity index (χ1) is 11.2. The van der Waals surface area contributed by atoms with Crippen LogP contribution < -0.4 is 10.6 Å². The zero-order chi connectivity index (χ0) is 16.5. The van der Waals surface area contributed by atoms with Gasteiger partial charge < -0.3 is 15.5 Å². The molecule has 0 amide bonds. The summed E-state index contributed by atoms with van der Waals surface area (Å²) in [7, 11) is 2.20. The standard InChI is InChI=1S/C19H32N4/c1-4-20-19(21-15-18-11-8-14-23(18)3)22-16(2)12-13-17-9-6-5-7-10-17/h5-7,9-10,16,18H,4,8,11-15H2,1-3H3,(H2,20,21,22). The number of guanidine groups is 1. The summed E-state index contributed by atoms with van der Waals surface area (Å²) in [5.41, 5.74) is 1.40. The quantitative estimate of drug-likeness (QED) is 0.600. The van der Waals surface area contributed by atoms with Gasteiger partial charge in [-0.3, -0.25) is 4.99 Å². The van der Waals surface area contributed by atoms with Crippen LogP contribution in [0.2, 0.25) is 0 Å². The van der Waals surface area contributed by atoms with Gasteiger partial charge in [0.05, 0.1) is 6.54 Å². The molecule has 1 aromatic carbocycles. The molecule has 0 spiro atoms. The lowest BCUT2D eigenvalue weighted by Gasteiger charge is -2.20. The van der Waals surface area contributed by atoms with E-state index in [1.54, 1.807) is 0 Å². The highest BCUT2D eigenvalue weighted by atomic mass is 15.2. The van der Waals surface area contributed by atoms with Crippen molar-refractivity contribution in [2.75, 3.05) is 26.7 Å². The Morgan fingerprint density at radius 2 is 2.13 bits per heavy atom. The van der Waals surface area contributed by atoms with Crippen molar-refractivity contribution in [1.29, 1.82) is 0 Å². The number of nitrogens with zero attached hydrogens (tertiary/aromatic N) is 2. The van der Waals surface area contributed by atoms with Gasteiger partial charge in [0.25, 0.3) is 0 Å². The third kappa shape index (κ3) is 6.22. The van der Waals surface area contributed by atoms with Crippen molar-refractivity contribution in [2.45, 2.75) is 51.6 Å². The first-order valence-electron chi connectivity index (χ1n) is 8.98. The molecular formula is C19H32N4. The maximum atomic E-state index is 4.79. The predicted octanol–water partition coefficient (Wildman–Crippen LogP) is 2.66. The topological polar surface area (TPSA) is 39.7 Å². The lowest BCUT2D eigenvalue weighted by atomic mass is 10.1. The minimum absolute atomic E-state index is 0.411. The fourth-order valence-electron chi connectivity index (χ4n) is 3.06. The highest BCUT2D eigenvalue weighted by Crippen LogP contribution is 2.14. The molecular weight excluding hydrogens is 284 g/mol. The smallest absolute Gasteiger partial charge is 0.191 e. The number of aryl methyl sites for hydroxylation is 1. The Kier molecular flexibility index (Phi) is 7.40. The third-order valence-corrected chi connectivity index (χ3v) is 4.57. The molecule has 1 fully saturated rings. The largest absolute Gasteiger partial charge is 0.357 e. The molecule has 1 aliphatic rings. The van der Waals surface area contributed by atoms with Crippen LogP contribution in [0.25, 0.3) is 0 Å². The number of likely N-dealkylation sites (tertiary alicyclic amines) is 1. The zero-order valence-electron chi connectivity index (χ0n) is 14.9. The monoisotopic (exact) mass is 316 g/mol. The highest BCUT2D eigenvalue weighted by molar-refractivity contribution is 5.80. The van der Waals surface area contributed by atoms with Gasteiger partial charge in [0.1, 0.15) is 0 Å². The molecule has 4 nitrogen and oxygen atoms in total. The van der Waals surface area contributed by atoms with Crippen molar-refractivity contribution in [3.05, 3.63) is 35.9 Å². The summed E-state index contributed by atoms with van der Waals surface area (Å²) < 4.78 is 0. The number of likely N-dealkylation sites (N-methyl/N-ethyl adjacent to an activating group) is 1. The molecule has 2 atom stereocenters. The molecule has 2 N–H and O–H groups in total. The minimum Gasteiger partial charge on any atom is -0.357 e. The Morgan fingerprint density at radius 1 is 1.35 bits per heavy atom. The van der Waals surface area contributed by atoms with Crippen molar-refractivity contribution in [3.63, 3.8) is 0 Å². The van der Waals surface area contributed by atoms with Crippen molar-refractivity contribution in [2.24, 2.45) is 4.99 Å². The average Bonchev–Trinajstić information content (AvgIpc) is 2.97. The van der Waals surface area contributed by atoms with E-state index < -0.39 is 0 Å². The van der Waals surface area contributed by atoms with E-state index in [4.69, 9.17) is 4.99 Å². The van der Waals surface area contributed by atoms with Crippen molar-refractivity contribution in [1.82, 2.24) is 15.5 Å². The normalized spacial score (nSPS) is 20.5. The third-order valence-electron chi connectivity index (χ3n) is 4.57. The number of hydrogen-bond acceptors (Lipinski definition) is 2. The van der Waals surface area contributed by atoms with E-state index in [0.717, 1.165) is 31.9 Å². The lowest BCUT2D eigenvalue weighted by molar-refractivity contribution is 0.317. The Balaban J connectivity index is 1.80. The molecule has 0 saturated carbocycles. The Labute approximate surface area is 141 Å². The number of benzene rings is 1. The summed E-state index contributed by atoms with van der Waals surface area (Å²) in [4.78, 5) is 7.22. The van der Waals surface area contributed by atoms with E-state index in [9.17, 15) is 0 Å². The first-order valence-corrected chi connectivity index (χ1v) is 8.98. The van der Waals surface area contributed by atoms with Gasteiger partial charge >= 0.3 is 0 Å². The fraction of sp³-hybridized carbons (Fsp3) is 0.632. The average molecular weight is 316 g/mol. The molecule has 1 heterocycles. The molecule has 0 bridgehead atoms. The second-order valence-electron chi connectivity index (χ2n) is 6.57. The van der Waals surface area contributed by atoms with Crippen LogP contribution >= 0.6 is 0 Å². The number of hydrogen-bond donors (Lipinski definition) is 2. The molecule has 1 saturated heterocycles. The Morgan fingerprint density at radius 3 is 2.78 bits per heavy atom. The molecule has 2 unspecified atom stereocenters. The van der Waals surface area contributed by atoms with E-state index in [0.29, 0.717) is 12.1 Å². The zero-order valence-corrected chi connectivity index (χ0v) is 14.9. The summed E-state index contributed by atoms with van der Waals surface area (Å²) in [6.45, 7) is 7.34. The summed E-state index contributed by atoms with van der Waals surface area (Å²) >= 11 is 0. The van der Waals surface area contributed by atoms with E-state index in [-0.39, 0.29) is 0 Å². The maximum Gasteiger partial charge on any atom is 0.191 e. The second-order valence-corrected chi connectivity index (χ2v) is 6.57. The molecule has 23 heavy (non-hydrogen) atoms. The van der Waals surface area contributed by atoms with Gasteiger partial charge in [-0.15, -0.1) is 0 Å². The predicted molar refractivity (Wildman–Crippen MR) is 99.0 cm³/mol. The number of rotatable bonds is 7. The molecule has 128 valence electrons. The van der Waals surface area contributed by atoms with Crippen molar-refractivity contribution < 1.29 is 0 Å². The van der Waals surface area contributed by atoms with Crippen LogP contribution in [0, 0.1) is 0 Å². The lowest BCUT2D eigenvalue weighted by Crippen LogP contribution is -2.43. The van der Waals surface area contributed by atoms with Gasteiger partial charge in [0.15, 0.2) is 5.96 Å². The van der Waals surface area contributed by atoms with Crippen molar-refractivity contribution in [3.8, 4) is 0 Å². The van der Waals surface area contributed by atoms with E-state index in [2.05, 4.69) is 66.8 Å². The van der Waals surface area contributed by atoms with Crippen LogP contribution in [0.3, 0.4) is 0 Å². The molecule has 4 heteroatoms. The Hall–Kier alpha value is -1.55. The van der Waals surface area contributed by atoms with Gasteiger partial charge in [-0.05, 0) is 58.7 Å². The van der Waals surface area contributed by atoms with Crippen LogP contribution in [0.5, 0.6) is 0 Å². The van der Waals surface area contributed by atoms with Crippen LogP contribution in [0.4, 0.5) is 0 Å². The molecule has 2 rings (SSSR count). The number of nitrogens with one attached hydrogen (secondary N) is 2. The minimum atomic E-state index is 0.411. The SMILES string of the molecule is CCNC(=NCC1CCCN1C)NC(C)CCc1ccccc1. The molecule has 0 radical (unpaired) electrons. The molecule has 0 aliphatic carbocycles. The highest BCUT2D eigenvalue weighted by Gasteiger charge is 2.20. The van der Waals surface area contributed by atoms with Crippen LogP contribution in [0.1, 0.15) is 38.7 Å². The van der Waals surface area contributed by atoms with E-state index >= 15 is 0 Å². The summed E-state index contributed by atoms with van der Waals surface area (Å²) in [5.74, 6) is 0.952. The molecule has 0 aromatic heterocycles.